The van der Waals surface area contributed by atoms with Crippen molar-refractivity contribution in [2.45, 2.75) is 39.5 Å². The van der Waals surface area contributed by atoms with Crippen molar-refractivity contribution in [3.8, 4) is 0 Å². The number of nitrogens with zero attached hydrogens (tertiary/aromatic N) is 1. The van der Waals surface area contributed by atoms with Crippen LogP contribution in [0, 0.1) is 12.8 Å². The number of carbonyl (C=O) groups is 1. The summed E-state index contributed by atoms with van der Waals surface area (Å²) in [5.41, 5.74) is 2.43. The Labute approximate surface area is 115 Å². The standard InChI is InChI=1S/C16H23NO2/c1-3-13-7-5-10-17(11-9-13)15-12(2)6-4-8-14(15)16(18)19/h4,6,8,13H,3,5,7,9-11H2,1-2H3,(H,18,19). The zero-order valence-corrected chi connectivity index (χ0v) is 11.9. The fraction of sp³-hybridized carbons (Fsp3) is 0.562. The van der Waals surface area contributed by atoms with Gasteiger partial charge in [0.15, 0.2) is 0 Å². The second-order valence-electron chi connectivity index (χ2n) is 5.47. The number of para-hydroxylation sites is 1. The maximum absolute atomic E-state index is 11.4. The van der Waals surface area contributed by atoms with Crippen molar-refractivity contribution in [3.05, 3.63) is 29.3 Å². The molecule has 1 saturated heterocycles. The summed E-state index contributed by atoms with van der Waals surface area (Å²) in [6.07, 6.45) is 4.82. The van der Waals surface area contributed by atoms with E-state index < -0.39 is 5.97 Å². The van der Waals surface area contributed by atoms with E-state index in [4.69, 9.17) is 0 Å². The summed E-state index contributed by atoms with van der Waals surface area (Å²) < 4.78 is 0. The van der Waals surface area contributed by atoms with Gasteiger partial charge in [-0.2, -0.15) is 0 Å². The van der Waals surface area contributed by atoms with Crippen LogP contribution in [0.3, 0.4) is 0 Å². The van der Waals surface area contributed by atoms with Crippen LogP contribution in [0.2, 0.25) is 0 Å². The molecule has 1 fully saturated rings. The summed E-state index contributed by atoms with van der Waals surface area (Å²) in [6, 6.07) is 5.55. The molecule has 1 aromatic carbocycles. The molecule has 0 saturated carbocycles. The number of rotatable bonds is 3. The molecule has 1 aromatic rings. The third-order valence-electron chi connectivity index (χ3n) is 4.21. The number of anilines is 1. The molecule has 3 nitrogen and oxygen atoms in total. The van der Waals surface area contributed by atoms with Gasteiger partial charge in [-0.05, 0) is 43.7 Å². The van der Waals surface area contributed by atoms with Gasteiger partial charge >= 0.3 is 5.97 Å². The number of aryl methyl sites for hydroxylation is 1. The van der Waals surface area contributed by atoms with Crippen LogP contribution in [0.5, 0.6) is 0 Å². The van der Waals surface area contributed by atoms with E-state index in [1.165, 1.54) is 19.3 Å². The van der Waals surface area contributed by atoms with E-state index in [2.05, 4.69) is 11.8 Å². The fourth-order valence-corrected chi connectivity index (χ4v) is 3.05. The summed E-state index contributed by atoms with van der Waals surface area (Å²) >= 11 is 0. The molecule has 1 aliphatic heterocycles. The van der Waals surface area contributed by atoms with Crippen molar-refractivity contribution in [3.63, 3.8) is 0 Å². The van der Waals surface area contributed by atoms with Gasteiger partial charge in [0.05, 0.1) is 11.3 Å². The van der Waals surface area contributed by atoms with E-state index >= 15 is 0 Å². The van der Waals surface area contributed by atoms with E-state index in [1.807, 2.05) is 19.1 Å². The molecule has 0 aromatic heterocycles. The lowest BCUT2D eigenvalue weighted by atomic mass is 9.98. The monoisotopic (exact) mass is 261 g/mol. The first kappa shape index (κ1) is 13.9. The Morgan fingerprint density at radius 1 is 1.37 bits per heavy atom. The lowest BCUT2D eigenvalue weighted by Crippen LogP contribution is -2.27. The second kappa shape index (κ2) is 6.09. The topological polar surface area (TPSA) is 40.5 Å². The third-order valence-corrected chi connectivity index (χ3v) is 4.21. The summed E-state index contributed by atoms with van der Waals surface area (Å²) in [4.78, 5) is 13.7. The molecule has 19 heavy (non-hydrogen) atoms. The summed E-state index contributed by atoms with van der Waals surface area (Å²) in [6.45, 7) is 6.20. The third kappa shape index (κ3) is 3.09. The van der Waals surface area contributed by atoms with Gasteiger partial charge in [-0.3, -0.25) is 0 Å². The minimum atomic E-state index is -0.824. The van der Waals surface area contributed by atoms with Crippen molar-refractivity contribution in [1.82, 2.24) is 0 Å². The van der Waals surface area contributed by atoms with Gasteiger partial charge in [0.2, 0.25) is 0 Å². The Kier molecular flexibility index (Phi) is 4.46. The SMILES string of the molecule is CCC1CCCN(c2c(C)cccc2C(=O)O)CC1. The molecule has 0 spiro atoms. The number of aromatic carboxylic acids is 1. The van der Waals surface area contributed by atoms with Crippen molar-refractivity contribution < 1.29 is 9.90 Å². The fourth-order valence-electron chi connectivity index (χ4n) is 3.05. The van der Waals surface area contributed by atoms with Crippen LogP contribution in [0.25, 0.3) is 0 Å². The van der Waals surface area contributed by atoms with Crippen LogP contribution >= 0.6 is 0 Å². The highest BCUT2D eigenvalue weighted by atomic mass is 16.4. The number of hydrogen-bond acceptors (Lipinski definition) is 2. The summed E-state index contributed by atoms with van der Waals surface area (Å²) in [5, 5.41) is 9.36. The van der Waals surface area contributed by atoms with E-state index in [-0.39, 0.29) is 0 Å². The molecule has 1 heterocycles. The predicted octanol–water partition coefficient (Wildman–Crippen LogP) is 3.71. The first-order valence-corrected chi connectivity index (χ1v) is 7.21. The molecular weight excluding hydrogens is 238 g/mol. The molecule has 1 aliphatic rings. The Bertz CT molecular complexity index is 456. The molecule has 0 amide bonds. The summed E-state index contributed by atoms with van der Waals surface area (Å²) in [7, 11) is 0. The van der Waals surface area contributed by atoms with Crippen molar-refractivity contribution >= 4 is 11.7 Å². The largest absolute Gasteiger partial charge is 0.478 e. The average molecular weight is 261 g/mol. The lowest BCUT2D eigenvalue weighted by Gasteiger charge is -2.26. The zero-order valence-electron chi connectivity index (χ0n) is 11.9. The van der Waals surface area contributed by atoms with Crippen LogP contribution in [-0.2, 0) is 0 Å². The molecule has 0 bridgehead atoms. The Morgan fingerprint density at radius 2 is 2.16 bits per heavy atom. The van der Waals surface area contributed by atoms with Crippen LogP contribution < -0.4 is 4.90 Å². The lowest BCUT2D eigenvalue weighted by molar-refractivity contribution is 0.0697. The van der Waals surface area contributed by atoms with Crippen molar-refractivity contribution in [2.24, 2.45) is 5.92 Å². The maximum atomic E-state index is 11.4. The van der Waals surface area contributed by atoms with Gasteiger partial charge in [-0.15, -0.1) is 0 Å². The van der Waals surface area contributed by atoms with Gasteiger partial charge in [0.1, 0.15) is 0 Å². The Hall–Kier alpha value is -1.51. The molecule has 1 N–H and O–H groups in total. The number of benzene rings is 1. The first-order valence-electron chi connectivity index (χ1n) is 7.21. The van der Waals surface area contributed by atoms with Crippen LogP contribution in [-0.4, -0.2) is 24.2 Å². The van der Waals surface area contributed by atoms with Crippen LogP contribution in [0.15, 0.2) is 18.2 Å². The van der Waals surface area contributed by atoms with Gasteiger partial charge < -0.3 is 10.0 Å². The highest BCUT2D eigenvalue weighted by Crippen LogP contribution is 2.29. The quantitative estimate of drug-likeness (QED) is 0.901. The molecule has 1 atom stereocenters. The van der Waals surface area contributed by atoms with E-state index in [9.17, 15) is 9.90 Å². The number of carboxylic acids is 1. The van der Waals surface area contributed by atoms with E-state index in [0.29, 0.717) is 5.56 Å². The van der Waals surface area contributed by atoms with Gasteiger partial charge in [-0.1, -0.05) is 25.5 Å². The summed E-state index contributed by atoms with van der Waals surface area (Å²) in [5.74, 6) is -0.0303. The van der Waals surface area contributed by atoms with Crippen molar-refractivity contribution in [1.29, 1.82) is 0 Å². The normalized spacial score (nSPS) is 20.1. The maximum Gasteiger partial charge on any atom is 0.337 e. The van der Waals surface area contributed by atoms with Gasteiger partial charge in [0.25, 0.3) is 0 Å². The molecular formula is C16H23NO2. The highest BCUT2D eigenvalue weighted by Gasteiger charge is 2.21. The number of hydrogen-bond donors (Lipinski definition) is 1. The van der Waals surface area contributed by atoms with Crippen molar-refractivity contribution in [2.75, 3.05) is 18.0 Å². The Balaban J connectivity index is 2.28. The molecule has 2 rings (SSSR count). The molecule has 0 aliphatic carbocycles. The molecule has 104 valence electrons. The minimum Gasteiger partial charge on any atom is -0.478 e. The van der Waals surface area contributed by atoms with Crippen LogP contribution in [0.4, 0.5) is 5.69 Å². The number of carboxylic acid groups (broad SMARTS) is 1. The first-order chi connectivity index (χ1) is 9.13. The molecule has 3 heteroatoms. The van der Waals surface area contributed by atoms with Gasteiger partial charge in [0, 0.05) is 13.1 Å². The second-order valence-corrected chi connectivity index (χ2v) is 5.47. The van der Waals surface area contributed by atoms with Crippen LogP contribution in [0.1, 0.15) is 48.5 Å². The van der Waals surface area contributed by atoms with Gasteiger partial charge in [-0.25, -0.2) is 4.79 Å². The Morgan fingerprint density at radius 3 is 2.84 bits per heavy atom. The highest BCUT2D eigenvalue weighted by molar-refractivity contribution is 5.95. The minimum absolute atomic E-state index is 0.440. The van der Waals surface area contributed by atoms with E-state index in [1.54, 1.807) is 6.07 Å². The molecule has 0 radical (unpaired) electrons. The molecule has 1 unspecified atom stereocenters. The predicted molar refractivity (Wildman–Crippen MR) is 78.0 cm³/mol. The average Bonchev–Trinajstić information content (AvgIpc) is 2.63. The van der Waals surface area contributed by atoms with E-state index in [0.717, 1.165) is 36.7 Å². The zero-order chi connectivity index (χ0) is 13.8. The smallest absolute Gasteiger partial charge is 0.337 e.